The van der Waals surface area contributed by atoms with Gasteiger partial charge in [-0.05, 0) is 70.6 Å². The zero-order chi connectivity index (χ0) is 27.5. The highest BCUT2D eigenvalue weighted by molar-refractivity contribution is 5.99. The second kappa shape index (κ2) is 11.2. The normalized spacial score (nSPS) is 16.5. The zero-order valence-corrected chi connectivity index (χ0v) is 22.7. The molecule has 0 atom stereocenters. The van der Waals surface area contributed by atoms with Gasteiger partial charge in [-0.25, -0.2) is 19.4 Å². The molecular formula is C28H35N9O2. The molecule has 1 amide bonds. The van der Waals surface area contributed by atoms with Gasteiger partial charge >= 0.3 is 0 Å². The summed E-state index contributed by atoms with van der Waals surface area (Å²) in [5.41, 5.74) is 2.14. The van der Waals surface area contributed by atoms with Crippen LogP contribution in [0, 0.1) is 0 Å². The van der Waals surface area contributed by atoms with Gasteiger partial charge in [0.05, 0.1) is 6.54 Å². The Kier molecular flexibility index (Phi) is 7.60. The summed E-state index contributed by atoms with van der Waals surface area (Å²) in [5, 5.41) is 9.41. The van der Waals surface area contributed by atoms with Crippen molar-refractivity contribution in [3.8, 4) is 0 Å². The molecule has 204 valence electrons. The molecule has 11 heteroatoms. The van der Waals surface area contributed by atoms with Crippen molar-refractivity contribution in [2.75, 3.05) is 36.4 Å². The van der Waals surface area contributed by atoms with Crippen LogP contribution in [0.2, 0.25) is 0 Å². The molecule has 0 saturated carbocycles. The van der Waals surface area contributed by atoms with E-state index in [-0.39, 0.29) is 18.1 Å². The highest BCUT2D eigenvalue weighted by Crippen LogP contribution is 2.28. The number of aromatic nitrogens is 4. The van der Waals surface area contributed by atoms with E-state index in [2.05, 4.69) is 43.9 Å². The van der Waals surface area contributed by atoms with Gasteiger partial charge in [-0.2, -0.15) is 10.1 Å². The van der Waals surface area contributed by atoms with Crippen LogP contribution < -0.4 is 15.8 Å². The number of nitrogens with one attached hydrogen (secondary N) is 1. The number of carbonyl (C=O) groups excluding carboxylic acids is 1. The number of rotatable bonds is 10. The largest absolute Gasteiger partial charge is 0.368 e. The summed E-state index contributed by atoms with van der Waals surface area (Å²) in [7, 11) is 0. The minimum atomic E-state index is -0.272. The van der Waals surface area contributed by atoms with Gasteiger partial charge in [-0.3, -0.25) is 14.5 Å². The molecule has 1 N–H and O–H groups in total. The van der Waals surface area contributed by atoms with E-state index in [0.29, 0.717) is 35.3 Å². The van der Waals surface area contributed by atoms with Gasteiger partial charge in [0.1, 0.15) is 5.39 Å². The van der Waals surface area contributed by atoms with Gasteiger partial charge < -0.3 is 10.2 Å². The Labute approximate surface area is 227 Å². The van der Waals surface area contributed by atoms with Crippen molar-refractivity contribution in [1.29, 1.82) is 0 Å². The van der Waals surface area contributed by atoms with E-state index in [1.165, 1.54) is 41.1 Å². The standard InChI is InChI=1S/C28H35N9O2/c1-5-8-25(32-35(19-38)20(3)4)37-26-24(27(39)36(37)13-6-2)16-29-28(31-26)30-21-9-11-22(12-10-21)34-17-23(18-34)33-14-7-15-33/h5-6,8-12,16,19-20,23H,2,7,13-15,17-18H2,1,3-4H3,(H,29,30,31)/b8-5-,32-25+. The van der Waals surface area contributed by atoms with Crippen LogP contribution in [-0.4, -0.2) is 79.7 Å². The van der Waals surface area contributed by atoms with E-state index in [1.54, 1.807) is 22.9 Å². The Morgan fingerprint density at radius 1 is 1.26 bits per heavy atom. The van der Waals surface area contributed by atoms with Crippen molar-refractivity contribution < 1.29 is 4.79 Å². The van der Waals surface area contributed by atoms with Gasteiger partial charge in [0.15, 0.2) is 11.5 Å². The van der Waals surface area contributed by atoms with E-state index in [4.69, 9.17) is 4.98 Å². The lowest BCUT2D eigenvalue weighted by atomic mass is 10.0. The quantitative estimate of drug-likeness (QED) is 0.142. The van der Waals surface area contributed by atoms with Gasteiger partial charge in [-0.15, -0.1) is 6.58 Å². The average molecular weight is 530 g/mol. The number of hydrazone groups is 1. The number of benzene rings is 1. The fourth-order valence-electron chi connectivity index (χ4n) is 4.77. The number of hydrogen-bond donors (Lipinski definition) is 1. The van der Waals surface area contributed by atoms with Gasteiger partial charge in [0, 0.05) is 42.7 Å². The van der Waals surface area contributed by atoms with Crippen molar-refractivity contribution in [1.82, 2.24) is 29.2 Å². The first-order valence-electron chi connectivity index (χ1n) is 13.3. The van der Waals surface area contributed by atoms with Crippen LogP contribution in [0.4, 0.5) is 17.3 Å². The maximum atomic E-state index is 13.3. The van der Waals surface area contributed by atoms with Crippen molar-refractivity contribution in [2.24, 2.45) is 5.10 Å². The molecule has 2 saturated heterocycles. The number of anilines is 3. The molecule has 2 aliphatic heterocycles. The van der Waals surface area contributed by atoms with E-state index >= 15 is 0 Å². The highest BCUT2D eigenvalue weighted by Gasteiger charge is 2.34. The lowest BCUT2D eigenvalue weighted by molar-refractivity contribution is -0.119. The highest BCUT2D eigenvalue weighted by atomic mass is 16.1. The summed E-state index contributed by atoms with van der Waals surface area (Å²) in [5.74, 6) is 0.713. The maximum absolute atomic E-state index is 13.3. The summed E-state index contributed by atoms with van der Waals surface area (Å²) in [6, 6.07) is 8.72. The number of fused-ring (bicyclic) bond motifs is 1. The summed E-state index contributed by atoms with van der Waals surface area (Å²) in [4.78, 5) is 39.0. The first-order valence-corrected chi connectivity index (χ1v) is 13.3. The van der Waals surface area contributed by atoms with Crippen LogP contribution in [0.3, 0.4) is 0 Å². The number of hydrogen-bond acceptors (Lipinski definition) is 8. The van der Waals surface area contributed by atoms with Crippen molar-refractivity contribution in [3.63, 3.8) is 0 Å². The van der Waals surface area contributed by atoms with Crippen molar-refractivity contribution in [3.05, 3.63) is 65.6 Å². The van der Waals surface area contributed by atoms with E-state index in [1.807, 2.05) is 32.9 Å². The van der Waals surface area contributed by atoms with Crippen LogP contribution in [0.5, 0.6) is 0 Å². The number of carbonyl (C=O) groups is 1. The number of allylic oxidation sites excluding steroid dienone is 3. The van der Waals surface area contributed by atoms with E-state index in [9.17, 15) is 9.59 Å². The predicted octanol–water partition coefficient (Wildman–Crippen LogP) is 3.02. The Hall–Kier alpha value is -4.25. The Morgan fingerprint density at radius 3 is 2.59 bits per heavy atom. The molecule has 0 bridgehead atoms. The Bertz CT molecular complexity index is 1460. The minimum absolute atomic E-state index is 0.170. The molecule has 4 heterocycles. The average Bonchev–Trinajstić information content (AvgIpc) is 3.14. The van der Waals surface area contributed by atoms with E-state index < -0.39 is 0 Å². The number of amides is 1. The number of nitrogens with zero attached hydrogens (tertiary/aromatic N) is 8. The molecule has 0 unspecified atom stereocenters. The Balaban J connectivity index is 1.44. The van der Waals surface area contributed by atoms with Crippen LogP contribution in [0.15, 0.2) is 65.2 Å². The predicted molar refractivity (Wildman–Crippen MR) is 155 cm³/mol. The van der Waals surface area contributed by atoms with E-state index in [0.717, 1.165) is 18.8 Å². The second-order valence-corrected chi connectivity index (χ2v) is 10.1. The van der Waals surface area contributed by atoms with Crippen LogP contribution >= 0.6 is 0 Å². The fourth-order valence-corrected chi connectivity index (χ4v) is 4.77. The SMILES string of the molecule is C=CCn1c(=O)c2cnc(Nc3ccc(N4CC(N5CCC5)C4)cc3)nc2n1C(/C=C\C)=N/N(C=O)C(C)C. The van der Waals surface area contributed by atoms with Crippen LogP contribution in [0.1, 0.15) is 27.2 Å². The lowest BCUT2D eigenvalue weighted by Crippen LogP contribution is -2.62. The minimum Gasteiger partial charge on any atom is -0.368 e. The summed E-state index contributed by atoms with van der Waals surface area (Å²) < 4.78 is 3.08. The molecule has 2 fully saturated rings. The molecule has 2 aliphatic rings. The Morgan fingerprint density at radius 2 is 2.00 bits per heavy atom. The molecule has 3 aromatic rings. The van der Waals surface area contributed by atoms with Crippen LogP contribution in [-0.2, 0) is 11.3 Å². The molecule has 1 aromatic carbocycles. The third kappa shape index (κ3) is 5.22. The van der Waals surface area contributed by atoms with Crippen LogP contribution in [0.25, 0.3) is 11.0 Å². The fraction of sp³-hybridized carbons (Fsp3) is 0.393. The smallest absolute Gasteiger partial charge is 0.278 e. The molecule has 39 heavy (non-hydrogen) atoms. The number of likely N-dealkylation sites (tertiary alicyclic amines) is 1. The first kappa shape index (κ1) is 26.4. The summed E-state index contributed by atoms with van der Waals surface area (Å²) >= 11 is 0. The molecule has 0 radical (unpaired) electrons. The third-order valence-corrected chi connectivity index (χ3v) is 7.12. The van der Waals surface area contributed by atoms with Gasteiger partial charge in [0.25, 0.3) is 5.56 Å². The monoisotopic (exact) mass is 529 g/mol. The third-order valence-electron chi connectivity index (χ3n) is 7.12. The zero-order valence-electron chi connectivity index (χ0n) is 22.7. The topological polar surface area (TPSA) is 104 Å². The summed E-state index contributed by atoms with van der Waals surface area (Å²) in [6.45, 7) is 14.2. The molecule has 0 spiro atoms. The maximum Gasteiger partial charge on any atom is 0.278 e. The van der Waals surface area contributed by atoms with Gasteiger partial charge in [-0.1, -0.05) is 12.2 Å². The summed E-state index contributed by atoms with van der Waals surface area (Å²) in [6.07, 6.45) is 8.64. The lowest BCUT2D eigenvalue weighted by Gasteiger charge is -2.50. The molecular weight excluding hydrogens is 494 g/mol. The molecule has 11 nitrogen and oxygen atoms in total. The molecule has 0 aliphatic carbocycles. The van der Waals surface area contributed by atoms with Gasteiger partial charge in [0.2, 0.25) is 12.4 Å². The molecule has 5 rings (SSSR count). The first-order chi connectivity index (χ1) is 18.9. The van der Waals surface area contributed by atoms with Crippen molar-refractivity contribution in [2.45, 2.75) is 45.8 Å². The van der Waals surface area contributed by atoms with Crippen molar-refractivity contribution >= 4 is 40.6 Å². The second-order valence-electron chi connectivity index (χ2n) is 10.1. The molecule has 2 aromatic heterocycles.